The molecule has 0 spiro atoms. The second-order valence-electron chi connectivity index (χ2n) is 11.7. The SMILES string of the molecule is Cc1cccc(C)c1-n1ccnc1-c1ccc2c(c1)C(C)(C)c1c-2ccc2c3ccccc3c3ccccc3c12. The maximum absolute atomic E-state index is 4.86. The van der Waals surface area contributed by atoms with Crippen molar-refractivity contribution in [2.24, 2.45) is 0 Å². The zero-order valence-corrected chi connectivity index (χ0v) is 23.3. The summed E-state index contributed by atoms with van der Waals surface area (Å²) in [7, 11) is 0. The van der Waals surface area contributed by atoms with Gasteiger partial charge in [-0.25, -0.2) is 4.98 Å². The molecule has 0 unspecified atom stereocenters. The number of aryl methyl sites for hydroxylation is 2. The van der Waals surface area contributed by atoms with Crippen LogP contribution in [0.3, 0.4) is 0 Å². The molecule has 0 bridgehead atoms. The molecule has 1 aromatic heterocycles. The number of nitrogens with zero attached hydrogens (tertiary/aromatic N) is 2. The van der Waals surface area contributed by atoms with Crippen molar-refractivity contribution in [2.45, 2.75) is 33.1 Å². The van der Waals surface area contributed by atoms with Crippen LogP contribution in [0, 0.1) is 13.8 Å². The molecule has 0 fully saturated rings. The highest BCUT2D eigenvalue weighted by molar-refractivity contribution is 6.27. The lowest BCUT2D eigenvalue weighted by Gasteiger charge is -2.25. The fourth-order valence-corrected chi connectivity index (χ4v) is 7.32. The summed E-state index contributed by atoms with van der Waals surface area (Å²) in [5, 5.41) is 8.01. The molecule has 0 saturated carbocycles. The van der Waals surface area contributed by atoms with Gasteiger partial charge in [0.1, 0.15) is 5.82 Å². The molecule has 0 N–H and O–H groups in total. The molecule has 1 aliphatic carbocycles. The van der Waals surface area contributed by atoms with Gasteiger partial charge in [0.15, 0.2) is 0 Å². The second-order valence-corrected chi connectivity index (χ2v) is 11.7. The highest BCUT2D eigenvalue weighted by Crippen LogP contribution is 2.54. The first kappa shape index (κ1) is 23.2. The predicted octanol–water partition coefficient (Wildman–Crippen LogP) is 9.92. The van der Waals surface area contributed by atoms with Gasteiger partial charge in [-0.1, -0.05) is 105 Å². The number of para-hydroxylation sites is 1. The highest BCUT2D eigenvalue weighted by atomic mass is 15.1. The molecule has 1 aliphatic rings. The van der Waals surface area contributed by atoms with Crippen LogP contribution in [0.5, 0.6) is 0 Å². The molecule has 0 saturated heterocycles. The van der Waals surface area contributed by atoms with Crippen molar-refractivity contribution in [1.82, 2.24) is 9.55 Å². The Balaban J connectivity index is 1.39. The Morgan fingerprint density at radius 1 is 0.625 bits per heavy atom. The fourth-order valence-electron chi connectivity index (χ4n) is 7.32. The summed E-state index contributed by atoms with van der Waals surface area (Å²) in [6.45, 7) is 9.13. The summed E-state index contributed by atoms with van der Waals surface area (Å²) in [4.78, 5) is 4.86. The van der Waals surface area contributed by atoms with E-state index in [-0.39, 0.29) is 5.41 Å². The highest BCUT2D eigenvalue weighted by Gasteiger charge is 2.38. The average molecular weight is 515 g/mol. The van der Waals surface area contributed by atoms with E-state index in [1.54, 1.807) is 0 Å². The summed E-state index contributed by atoms with van der Waals surface area (Å²) in [5.41, 5.74) is 10.1. The lowest BCUT2D eigenvalue weighted by Crippen LogP contribution is -2.16. The van der Waals surface area contributed by atoms with E-state index in [1.807, 2.05) is 6.20 Å². The number of imidazole rings is 1. The van der Waals surface area contributed by atoms with Gasteiger partial charge in [-0.15, -0.1) is 0 Å². The predicted molar refractivity (Wildman–Crippen MR) is 169 cm³/mol. The van der Waals surface area contributed by atoms with Gasteiger partial charge in [0.2, 0.25) is 0 Å². The third-order valence-corrected chi connectivity index (χ3v) is 9.10. The minimum absolute atomic E-state index is 0.165. The zero-order chi connectivity index (χ0) is 27.2. The minimum Gasteiger partial charge on any atom is -0.299 e. The standard InChI is InChI=1S/C38H30N2/c1-23-10-9-11-24(2)36(23)40-21-20-39-37(40)25-16-17-29-32-19-18-31-28-14-6-5-12-26(28)27-13-7-8-15-30(27)34(31)35(32)38(3,4)33(29)22-25/h5-22H,1-4H3. The van der Waals surface area contributed by atoms with Crippen molar-refractivity contribution in [3.05, 3.63) is 132 Å². The van der Waals surface area contributed by atoms with E-state index in [4.69, 9.17) is 4.98 Å². The van der Waals surface area contributed by atoms with Crippen LogP contribution in [0.4, 0.5) is 0 Å². The van der Waals surface area contributed by atoms with Crippen molar-refractivity contribution in [1.29, 1.82) is 0 Å². The number of hydrogen-bond donors (Lipinski definition) is 0. The number of aromatic nitrogens is 2. The number of hydrogen-bond acceptors (Lipinski definition) is 1. The van der Waals surface area contributed by atoms with Crippen molar-refractivity contribution in [3.8, 4) is 28.2 Å². The molecule has 0 amide bonds. The van der Waals surface area contributed by atoms with Gasteiger partial charge >= 0.3 is 0 Å². The van der Waals surface area contributed by atoms with Gasteiger partial charge < -0.3 is 0 Å². The molecule has 2 heteroatoms. The smallest absolute Gasteiger partial charge is 0.144 e. The Morgan fingerprint density at radius 2 is 1.23 bits per heavy atom. The first-order valence-electron chi connectivity index (χ1n) is 14.1. The maximum Gasteiger partial charge on any atom is 0.144 e. The van der Waals surface area contributed by atoms with Crippen LogP contribution in [-0.2, 0) is 5.41 Å². The summed E-state index contributed by atoms with van der Waals surface area (Å²) < 4.78 is 2.25. The molecule has 0 radical (unpaired) electrons. The lowest BCUT2D eigenvalue weighted by molar-refractivity contribution is 0.667. The number of rotatable bonds is 2. The van der Waals surface area contributed by atoms with E-state index in [0.717, 1.165) is 11.4 Å². The molecule has 1 heterocycles. The van der Waals surface area contributed by atoms with Crippen LogP contribution in [0.1, 0.15) is 36.1 Å². The minimum atomic E-state index is -0.165. The van der Waals surface area contributed by atoms with Gasteiger partial charge in [-0.3, -0.25) is 4.57 Å². The number of fused-ring (bicyclic) bond motifs is 10. The van der Waals surface area contributed by atoms with Gasteiger partial charge in [0.05, 0.1) is 5.69 Å². The van der Waals surface area contributed by atoms with Crippen molar-refractivity contribution in [3.63, 3.8) is 0 Å². The average Bonchev–Trinajstić information content (AvgIpc) is 3.53. The first-order chi connectivity index (χ1) is 19.4. The van der Waals surface area contributed by atoms with Crippen molar-refractivity contribution >= 4 is 32.3 Å². The monoisotopic (exact) mass is 514 g/mol. The van der Waals surface area contributed by atoms with Gasteiger partial charge in [-0.05, 0) is 85.6 Å². The van der Waals surface area contributed by atoms with E-state index in [2.05, 4.69) is 136 Å². The Bertz CT molecular complexity index is 2100. The van der Waals surface area contributed by atoms with Crippen LogP contribution < -0.4 is 0 Å². The first-order valence-corrected chi connectivity index (χ1v) is 14.1. The normalized spacial score (nSPS) is 13.7. The van der Waals surface area contributed by atoms with E-state index in [1.165, 1.54) is 71.4 Å². The zero-order valence-electron chi connectivity index (χ0n) is 23.3. The van der Waals surface area contributed by atoms with Crippen LogP contribution in [-0.4, -0.2) is 9.55 Å². The number of benzene rings is 6. The van der Waals surface area contributed by atoms with E-state index < -0.39 is 0 Å². The van der Waals surface area contributed by atoms with Gasteiger partial charge in [-0.2, -0.15) is 0 Å². The molecule has 7 aromatic rings. The van der Waals surface area contributed by atoms with Gasteiger partial charge in [0, 0.05) is 23.4 Å². The summed E-state index contributed by atoms with van der Waals surface area (Å²) in [5.74, 6) is 0.980. The Hall–Kier alpha value is -4.69. The van der Waals surface area contributed by atoms with Crippen LogP contribution in [0.15, 0.2) is 109 Å². The third kappa shape index (κ3) is 3.02. The molecule has 0 aliphatic heterocycles. The molecule has 6 aromatic carbocycles. The third-order valence-electron chi connectivity index (χ3n) is 9.10. The molecule has 0 atom stereocenters. The lowest BCUT2D eigenvalue weighted by atomic mass is 9.78. The summed E-state index contributed by atoms with van der Waals surface area (Å²) >= 11 is 0. The largest absolute Gasteiger partial charge is 0.299 e. The molecule has 8 rings (SSSR count). The Morgan fingerprint density at radius 3 is 1.93 bits per heavy atom. The second kappa shape index (κ2) is 8.16. The molecule has 192 valence electrons. The summed E-state index contributed by atoms with van der Waals surface area (Å²) in [6, 6.07) is 35.9. The maximum atomic E-state index is 4.86. The fraction of sp³-hybridized carbons (Fsp3) is 0.132. The van der Waals surface area contributed by atoms with E-state index in [0.29, 0.717) is 0 Å². The van der Waals surface area contributed by atoms with Crippen molar-refractivity contribution in [2.75, 3.05) is 0 Å². The van der Waals surface area contributed by atoms with Gasteiger partial charge in [0.25, 0.3) is 0 Å². The van der Waals surface area contributed by atoms with E-state index in [9.17, 15) is 0 Å². The Kier molecular flexibility index (Phi) is 4.74. The molecule has 40 heavy (non-hydrogen) atoms. The molecule has 2 nitrogen and oxygen atoms in total. The molecular formula is C38H30N2. The quantitative estimate of drug-likeness (QED) is 0.210. The summed E-state index contributed by atoms with van der Waals surface area (Å²) in [6.07, 6.45) is 4.00. The van der Waals surface area contributed by atoms with Crippen LogP contribution in [0.2, 0.25) is 0 Å². The molecular weight excluding hydrogens is 484 g/mol. The topological polar surface area (TPSA) is 17.8 Å². The Labute approximate surface area is 234 Å². The van der Waals surface area contributed by atoms with Crippen molar-refractivity contribution < 1.29 is 0 Å². The van der Waals surface area contributed by atoms with E-state index >= 15 is 0 Å². The van der Waals surface area contributed by atoms with Crippen LogP contribution >= 0.6 is 0 Å². The van der Waals surface area contributed by atoms with Crippen LogP contribution in [0.25, 0.3) is 60.5 Å².